The molecule has 0 aliphatic rings. The fourth-order valence-electron chi connectivity index (χ4n) is 2.33. The number of hydrogen-bond donors (Lipinski definition) is 1. The number of rotatable bonds is 12. The van der Waals surface area contributed by atoms with Crippen molar-refractivity contribution in [1.29, 1.82) is 0 Å². The van der Waals surface area contributed by atoms with Crippen LogP contribution < -0.4 is 0 Å². The molecule has 0 saturated carbocycles. The van der Waals surface area contributed by atoms with E-state index < -0.39 is 5.97 Å². The molecule has 4 nitrogen and oxygen atoms in total. The summed E-state index contributed by atoms with van der Waals surface area (Å²) >= 11 is 0. The number of carboxylic acids is 1. The topological polar surface area (TPSA) is 55.8 Å². The summed E-state index contributed by atoms with van der Waals surface area (Å²) < 4.78 is 10.1. The molecule has 124 valence electrons. The maximum Gasteiger partial charge on any atom is 0.307 e. The molecule has 0 heterocycles. The number of allylic oxidation sites excluding steroid dienone is 2. The van der Waals surface area contributed by atoms with Gasteiger partial charge in [-0.05, 0) is 37.0 Å². The Morgan fingerprint density at radius 1 is 1.19 bits per heavy atom. The number of aliphatic carboxylic acids is 1. The van der Waals surface area contributed by atoms with Crippen LogP contribution >= 0.6 is 0 Å². The monoisotopic (exact) mass is 300 g/mol. The Morgan fingerprint density at radius 3 is 2.33 bits per heavy atom. The van der Waals surface area contributed by atoms with Gasteiger partial charge in [0.05, 0.1) is 5.92 Å². The Morgan fingerprint density at radius 2 is 1.86 bits per heavy atom. The van der Waals surface area contributed by atoms with Gasteiger partial charge in [-0.25, -0.2) is 0 Å². The van der Waals surface area contributed by atoms with Crippen LogP contribution in [0.5, 0.6) is 0 Å². The third-order valence-corrected chi connectivity index (χ3v) is 3.33. The van der Waals surface area contributed by atoms with Gasteiger partial charge in [0.25, 0.3) is 0 Å². The van der Waals surface area contributed by atoms with E-state index in [1.165, 1.54) is 0 Å². The summed E-state index contributed by atoms with van der Waals surface area (Å²) in [4.78, 5) is 11.6. The minimum Gasteiger partial charge on any atom is -0.481 e. The number of methoxy groups -OCH3 is 1. The van der Waals surface area contributed by atoms with Gasteiger partial charge in [-0.1, -0.05) is 39.8 Å². The zero-order valence-electron chi connectivity index (χ0n) is 14.2. The molecular weight excluding hydrogens is 268 g/mol. The van der Waals surface area contributed by atoms with Crippen LogP contribution in [0.3, 0.4) is 0 Å². The van der Waals surface area contributed by atoms with E-state index in [2.05, 4.69) is 39.8 Å². The van der Waals surface area contributed by atoms with Gasteiger partial charge < -0.3 is 14.6 Å². The lowest BCUT2D eigenvalue weighted by molar-refractivity contribution is -0.143. The van der Waals surface area contributed by atoms with Crippen molar-refractivity contribution in [3.8, 4) is 0 Å². The fourth-order valence-corrected chi connectivity index (χ4v) is 2.33. The molecule has 0 saturated heterocycles. The highest BCUT2D eigenvalue weighted by atomic mass is 16.7. The lowest BCUT2D eigenvalue weighted by Gasteiger charge is -2.23. The van der Waals surface area contributed by atoms with Gasteiger partial charge in [0.2, 0.25) is 0 Å². The highest BCUT2D eigenvalue weighted by molar-refractivity contribution is 5.70. The minimum absolute atomic E-state index is 0.0680. The molecule has 4 heteroatoms. The number of ether oxygens (including phenoxy) is 2. The largest absolute Gasteiger partial charge is 0.481 e. The van der Waals surface area contributed by atoms with Crippen LogP contribution in [-0.4, -0.2) is 31.6 Å². The summed E-state index contributed by atoms with van der Waals surface area (Å²) in [7, 11) is 1.59. The minimum atomic E-state index is -0.695. The van der Waals surface area contributed by atoms with Crippen LogP contribution in [0.4, 0.5) is 0 Å². The number of hydrogen-bond acceptors (Lipinski definition) is 3. The van der Waals surface area contributed by atoms with Crippen molar-refractivity contribution in [2.75, 3.05) is 20.5 Å². The zero-order valence-corrected chi connectivity index (χ0v) is 14.2. The van der Waals surface area contributed by atoms with Crippen LogP contribution in [0.2, 0.25) is 0 Å². The predicted molar refractivity (Wildman–Crippen MR) is 85.1 cm³/mol. The zero-order chi connectivity index (χ0) is 16.3. The van der Waals surface area contributed by atoms with Crippen LogP contribution in [0.1, 0.15) is 47.0 Å². The van der Waals surface area contributed by atoms with Crippen molar-refractivity contribution in [3.63, 3.8) is 0 Å². The number of carbonyl (C=O) groups is 1. The van der Waals surface area contributed by atoms with Crippen molar-refractivity contribution in [2.24, 2.45) is 23.7 Å². The number of carboxylic acid groups (broad SMARTS) is 1. The average molecular weight is 300 g/mol. The normalized spacial score (nSPS) is 15.0. The Hall–Kier alpha value is -0.870. The van der Waals surface area contributed by atoms with Crippen molar-refractivity contribution in [2.45, 2.75) is 47.0 Å². The highest BCUT2D eigenvalue weighted by Gasteiger charge is 2.26. The van der Waals surface area contributed by atoms with Gasteiger partial charge in [0, 0.05) is 13.7 Å². The van der Waals surface area contributed by atoms with E-state index in [1.54, 1.807) is 7.11 Å². The van der Waals surface area contributed by atoms with Crippen molar-refractivity contribution >= 4 is 5.97 Å². The third kappa shape index (κ3) is 10.5. The Labute approximate surface area is 129 Å². The standard InChI is InChI=1S/C17H32O4/c1-13(2)8-9-15(7-6-10-21-12-20-5)16(17(18)19)11-14(3)4/h8-9,13-16H,6-7,10-12H2,1-5H3,(H,18,19)/b9-8+. The van der Waals surface area contributed by atoms with Gasteiger partial charge in [0.1, 0.15) is 6.79 Å². The van der Waals surface area contributed by atoms with Gasteiger partial charge >= 0.3 is 5.97 Å². The molecule has 0 aromatic rings. The summed E-state index contributed by atoms with van der Waals surface area (Å²) in [6.45, 7) is 9.25. The van der Waals surface area contributed by atoms with Crippen LogP contribution in [0.25, 0.3) is 0 Å². The SMILES string of the molecule is COCOCCCC(/C=C/C(C)C)C(CC(C)C)C(=O)O. The maximum atomic E-state index is 11.6. The van der Waals surface area contributed by atoms with E-state index in [0.717, 1.165) is 12.8 Å². The van der Waals surface area contributed by atoms with Crippen molar-refractivity contribution < 1.29 is 19.4 Å². The quantitative estimate of drug-likeness (QED) is 0.337. The first kappa shape index (κ1) is 20.1. The molecule has 0 aliphatic carbocycles. The van der Waals surface area contributed by atoms with E-state index in [0.29, 0.717) is 31.7 Å². The summed E-state index contributed by atoms with van der Waals surface area (Å²) in [5.74, 6) is -0.127. The Kier molecular flexibility index (Phi) is 11.3. The molecule has 1 N–H and O–H groups in total. The Bertz CT molecular complexity index is 297. The van der Waals surface area contributed by atoms with Crippen LogP contribution in [0.15, 0.2) is 12.2 Å². The summed E-state index contributed by atoms with van der Waals surface area (Å²) in [5, 5.41) is 9.51. The predicted octanol–water partition coefficient (Wildman–Crippen LogP) is 3.96. The summed E-state index contributed by atoms with van der Waals surface area (Å²) in [5.41, 5.74) is 0. The second kappa shape index (κ2) is 11.8. The van der Waals surface area contributed by atoms with Gasteiger partial charge in [0.15, 0.2) is 0 Å². The first-order valence-corrected chi connectivity index (χ1v) is 7.86. The van der Waals surface area contributed by atoms with E-state index in [-0.39, 0.29) is 11.8 Å². The lowest BCUT2D eigenvalue weighted by atomic mass is 9.82. The van der Waals surface area contributed by atoms with E-state index in [1.807, 2.05) is 0 Å². The fraction of sp³-hybridized carbons (Fsp3) is 0.824. The molecule has 0 spiro atoms. The second-order valence-corrected chi connectivity index (χ2v) is 6.32. The molecule has 0 amide bonds. The first-order chi connectivity index (χ1) is 9.88. The Balaban J connectivity index is 4.63. The molecule has 2 atom stereocenters. The van der Waals surface area contributed by atoms with Gasteiger partial charge in [-0.2, -0.15) is 0 Å². The molecule has 0 aromatic heterocycles. The van der Waals surface area contributed by atoms with E-state index >= 15 is 0 Å². The molecular formula is C17H32O4. The van der Waals surface area contributed by atoms with E-state index in [4.69, 9.17) is 9.47 Å². The highest BCUT2D eigenvalue weighted by Crippen LogP contribution is 2.27. The average Bonchev–Trinajstić information content (AvgIpc) is 2.39. The summed E-state index contributed by atoms with van der Waals surface area (Å²) in [6.07, 6.45) is 6.58. The molecule has 0 fully saturated rings. The summed E-state index contributed by atoms with van der Waals surface area (Å²) in [6, 6.07) is 0. The second-order valence-electron chi connectivity index (χ2n) is 6.32. The van der Waals surface area contributed by atoms with Gasteiger partial charge in [-0.3, -0.25) is 4.79 Å². The molecule has 0 aromatic carbocycles. The molecule has 0 rings (SSSR count). The van der Waals surface area contributed by atoms with Crippen LogP contribution in [0, 0.1) is 23.7 Å². The van der Waals surface area contributed by atoms with Crippen LogP contribution in [-0.2, 0) is 14.3 Å². The molecule has 2 unspecified atom stereocenters. The van der Waals surface area contributed by atoms with E-state index in [9.17, 15) is 9.90 Å². The van der Waals surface area contributed by atoms with Crippen molar-refractivity contribution in [1.82, 2.24) is 0 Å². The molecule has 0 aliphatic heterocycles. The molecule has 21 heavy (non-hydrogen) atoms. The third-order valence-electron chi connectivity index (χ3n) is 3.33. The molecule has 0 bridgehead atoms. The first-order valence-electron chi connectivity index (χ1n) is 7.86. The van der Waals surface area contributed by atoms with Crippen molar-refractivity contribution in [3.05, 3.63) is 12.2 Å². The van der Waals surface area contributed by atoms with Gasteiger partial charge in [-0.15, -0.1) is 0 Å². The maximum absolute atomic E-state index is 11.6. The lowest BCUT2D eigenvalue weighted by Crippen LogP contribution is -2.24. The molecule has 0 radical (unpaired) electrons. The smallest absolute Gasteiger partial charge is 0.307 e.